The van der Waals surface area contributed by atoms with Crippen molar-refractivity contribution >= 4 is 0 Å². The number of rotatable bonds is 5. The van der Waals surface area contributed by atoms with E-state index < -0.39 is 6.10 Å². The molecule has 0 aromatic heterocycles. The predicted octanol–water partition coefficient (Wildman–Crippen LogP) is 1.01. The number of likely N-dealkylation sites (tertiary alicyclic amines) is 1. The molecule has 1 aliphatic rings. The zero-order valence-corrected chi connectivity index (χ0v) is 12.5. The van der Waals surface area contributed by atoms with E-state index in [9.17, 15) is 10.2 Å². The molecule has 0 bridgehead atoms. The first-order chi connectivity index (χ1) is 8.69. The van der Waals surface area contributed by atoms with Crippen molar-refractivity contribution in [3.8, 4) is 12.3 Å². The molecule has 1 heterocycles. The lowest BCUT2D eigenvalue weighted by atomic mass is 9.78. The number of aliphatic hydroxyl groups is 2. The normalized spacial score (nSPS) is 24.9. The average Bonchev–Trinajstić information content (AvgIpc) is 2.22. The van der Waals surface area contributed by atoms with Crippen LogP contribution in [0, 0.1) is 12.3 Å². The van der Waals surface area contributed by atoms with Gasteiger partial charge in [-0.1, -0.05) is 5.92 Å². The molecule has 0 aliphatic carbocycles. The first-order valence-electron chi connectivity index (χ1n) is 6.84. The lowest BCUT2D eigenvalue weighted by Gasteiger charge is -2.55. The Kier molecular flexibility index (Phi) is 5.40. The molecule has 1 atom stereocenters. The highest BCUT2D eigenvalue weighted by Gasteiger charge is 2.45. The Balaban J connectivity index is 2.65. The number of nitrogens with zero attached hydrogens (tertiary/aromatic N) is 1. The predicted molar refractivity (Wildman–Crippen MR) is 75.8 cm³/mol. The van der Waals surface area contributed by atoms with Gasteiger partial charge in [0.05, 0.1) is 18.8 Å². The maximum Gasteiger partial charge on any atom is 0.107 e. The quantitative estimate of drug-likeness (QED) is 0.578. The third-order valence-electron chi connectivity index (χ3n) is 3.82. The van der Waals surface area contributed by atoms with Gasteiger partial charge in [-0.05, 0) is 40.5 Å². The minimum Gasteiger partial charge on any atom is -0.393 e. The van der Waals surface area contributed by atoms with Gasteiger partial charge in [0.2, 0.25) is 0 Å². The smallest absolute Gasteiger partial charge is 0.107 e. The van der Waals surface area contributed by atoms with E-state index in [-0.39, 0.29) is 30.4 Å². The lowest BCUT2D eigenvalue weighted by molar-refractivity contribution is -0.103. The molecule has 19 heavy (non-hydrogen) atoms. The number of hydrogen-bond acceptors (Lipinski definition) is 4. The van der Waals surface area contributed by atoms with Gasteiger partial charge in [0.15, 0.2) is 0 Å². The summed E-state index contributed by atoms with van der Waals surface area (Å²) in [5.41, 5.74) is -0.289. The lowest BCUT2D eigenvalue weighted by Crippen LogP contribution is -2.63. The Morgan fingerprint density at radius 1 is 1.32 bits per heavy atom. The molecule has 0 saturated carbocycles. The number of aliphatic hydroxyl groups excluding tert-OH is 2. The fourth-order valence-electron chi connectivity index (χ4n) is 3.28. The second-order valence-electron chi connectivity index (χ2n) is 6.67. The van der Waals surface area contributed by atoms with E-state index in [1.165, 1.54) is 0 Å². The molecular formula is C15H27NO3. The van der Waals surface area contributed by atoms with Crippen LogP contribution in [0.5, 0.6) is 0 Å². The van der Waals surface area contributed by atoms with Crippen molar-refractivity contribution in [1.82, 2.24) is 4.90 Å². The van der Waals surface area contributed by atoms with E-state index in [0.717, 1.165) is 0 Å². The molecule has 0 aromatic carbocycles. The summed E-state index contributed by atoms with van der Waals surface area (Å²) in [7, 11) is 0. The zero-order chi connectivity index (χ0) is 14.7. The van der Waals surface area contributed by atoms with Gasteiger partial charge in [-0.2, -0.15) is 0 Å². The van der Waals surface area contributed by atoms with Crippen molar-refractivity contribution in [3.63, 3.8) is 0 Å². The van der Waals surface area contributed by atoms with Crippen LogP contribution in [-0.4, -0.2) is 58.2 Å². The number of terminal acetylenes is 1. The molecule has 0 spiro atoms. The SMILES string of the molecule is C#CCOC[C@H](O)CN1C(C)(C)CC(O)CC1(C)C. The number of piperidine rings is 1. The molecule has 1 rings (SSSR count). The van der Waals surface area contributed by atoms with Crippen molar-refractivity contribution in [2.75, 3.05) is 19.8 Å². The topological polar surface area (TPSA) is 52.9 Å². The Labute approximate surface area is 116 Å². The van der Waals surface area contributed by atoms with Gasteiger partial charge < -0.3 is 14.9 Å². The average molecular weight is 269 g/mol. The van der Waals surface area contributed by atoms with Crippen molar-refractivity contribution in [3.05, 3.63) is 0 Å². The van der Waals surface area contributed by atoms with Gasteiger partial charge in [0, 0.05) is 17.6 Å². The van der Waals surface area contributed by atoms with Crippen LogP contribution < -0.4 is 0 Å². The van der Waals surface area contributed by atoms with E-state index >= 15 is 0 Å². The zero-order valence-electron chi connectivity index (χ0n) is 12.5. The van der Waals surface area contributed by atoms with Gasteiger partial charge in [0.1, 0.15) is 6.61 Å². The van der Waals surface area contributed by atoms with E-state index in [4.69, 9.17) is 11.2 Å². The second kappa shape index (κ2) is 6.23. The molecule has 0 amide bonds. The van der Waals surface area contributed by atoms with Crippen LogP contribution in [0.4, 0.5) is 0 Å². The third kappa shape index (κ3) is 4.47. The number of ether oxygens (including phenoxy) is 1. The van der Waals surface area contributed by atoms with Crippen molar-refractivity contribution < 1.29 is 14.9 Å². The summed E-state index contributed by atoms with van der Waals surface area (Å²) in [5.74, 6) is 2.39. The van der Waals surface area contributed by atoms with E-state index in [1.54, 1.807) is 0 Å². The molecule has 0 radical (unpaired) electrons. The van der Waals surface area contributed by atoms with Crippen LogP contribution in [-0.2, 0) is 4.74 Å². The van der Waals surface area contributed by atoms with E-state index in [1.807, 2.05) is 0 Å². The first-order valence-corrected chi connectivity index (χ1v) is 6.84. The molecule has 4 heteroatoms. The Morgan fingerprint density at radius 3 is 2.32 bits per heavy atom. The summed E-state index contributed by atoms with van der Waals surface area (Å²) in [6.07, 6.45) is 5.69. The van der Waals surface area contributed by atoms with Crippen LogP contribution >= 0.6 is 0 Å². The molecular weight excluding hydrogens is 242 g/mol. The van der Waals surface area contributed by atoms with Crippen LogP contribution in [0.15, 0.2) is 0 Å². The molecule has 1 aliphatic heterocycles. The monoisotopic (exact) mass is 269 g/mol. The Morgan fingerprint density at radius 2 is 1.84 bits per heavy atom. The first kappa shape index (κ1) is 16.5. The van der Waals surface area contributed by atoms with Gasteiger partial charge >= 0.3 is 0 Å². The summed E-state index contributed by atoms with van der Waals surface area (Å²) >= 11 is 0. The van der Waals surface area contributed by atoms with Gasteiger partial charge in [-0.15, -0.1) is 6.42 Å². The van der Waals surface area contributed by atoms with Gasteiger partial charge in [-0.3, -0.25) is 4.90 Å². The van der Waals surface area contributed by atoms with Crippen molar-refractivity contribution in [2.45, 2.75) is 63.8 Å². The molecule has 1 saturated heterocycles. The van der Waals surface area contributed by atoms with Crippen LogP contribution in [0.2, 0.25) is 0 Å². The largest absolute Gasteiger partial charge is 0.393 e. The molecule has 2 N–H and O–H groups in total. The van der Waals surface area contributed by atoms with Crippen LogP contribution in [0.1, 0.15) is 40.5 Å². The van der Waals surface area contributed by atoms with E-state index in [0.29, 0.717) is 19.4 Å². The fourth-order valence-corrected chi connectivity index (χ4v) is 3.28. The summed E-state index contributed by atoms with van der Waals surface area (Å²) in [6.45, 7) is 9.41. The highest BCUT2D eigenvalue weighted by Crippen LogP contribution is 2.38. The fraction of sp³-hybridized carbons (Fsp3) is 0.867. The van der Waals surface area contributed by atoms with Crippen LogP contribution in [0.25, 0.3) is 0 Å². The Bertz CT molecular complexity index is 315. The minimum atomic E-state index is -0.567. The number of hydrogen-bond donors (Lipinski definition) is 2. The summed E-state index contributed by atoms with van der Waals surface area (Å²) < 4.78 is 5.18. The molecule has 0 unspecified atom stereocenters. The van der Waals surface area contributed by atoms with Gasteiger partial charge in [-0.25, -0.2) is 0 Å². The summed E-state index contributed by atoms with van der Waals surface area (Å²) in [6, 6.07) is 0. The third-order valence-corrected chi connectivity index (χ3v) is 3.82. The summed E-state index contributed by atoms with van der Waals surface area (Å²) in [5, 5.41) is 20.0. The van der Waals surface area contributed by atoms with Crippen molar-refractivity contribution in [2.24, 2.45) is 0 Å². The number of β-amino-alcohol motifs (C(OH)–C–C–N with tert-alkyl or cyclic N) is 1. The second-order valence-corrected chi connectivity index (χ2v) is 6.67. The maximum absolute atomic E-state index is 10.1. The Hall–Kier alpha value is -0.600. The molecule has 0 aromatic rings. The molecule has 4 nitrogen and oxygen atoms in total. The van der Waals surface area contributed by atoms with Crippen molar-refractivity contribution in [1.29, 1.82) is 0 Å². The van der Waals surface area contributed by atoms with Gasteiger partial charge in [0.25, 0.3) is 0 Å². The highest BCUT2D eigenvalue weighted by atomic mass is 16.5. The summed E-state index contributed by atoms with van der Waals surface area (Å²) in [4.78, 5) is 2.26. The standard InChI is InChI=1S/C15H27NO3/c1-6-7-19-11-13(18)10-16-14(2,3)8-12(17)9-15(16,4)5/h1,12-13,17-18H,7-11H2,2-5H3/t13-/m1/s1. The van der Waals surface area contributed by atoms with E-state index in [2.05, 4.69) is 38.5 Å². The molecule has 1 fully saturated rings. The van der Waals surface area contributed by atoms with Crippen LogP contribution in [0.3, 0.4) is 0 Å². The minimum absolute atomic E-state index is 0.145. The molecule has 110 valence electrons. The maximum atomic E-state index is 10.1. The highest BCUT2D eigenvalue weighted by molar-refractivity contribution is 5.00.